The van der Waals surface area contributed by atoms with E-state index in [1.54, 1.807) is 0 Å². The second-order valence-corrected chi connectivity index (χ2v) is 6.29. The molecule has 1 aliphatic carbocycles. The van der Waals surface area contributed by atoms with Gasteiger partial charge in [0.2, 0.25) is 0 Å². The molecular formula is C20H26N2. The van der Waals surface area contributed by atoms with Crippen molar-refractivity contribution in [3.8, 4) is 0 Å². The molecule has 1 saturated carbocycles. The average molecular weight is 294 g/mol. The van der Waals surface area contributed by atoms with Crippen LogP contribution in [0.15, 0.2) is 60.7 Å². The summed E-state index contributed by atoms with van der Waals surface area (Å²) < 4.78 is 0. The lowest BCUT2D eigenvalue weighted by Gasteiger charge is -2.30. The van der Waals surface area contributed by atoms with Crippen molar-refractivity contribution in [1.29, 1.82) is 0 Å². The van der Waals surface area contributed by atoms with Crippen LogP contribution in [0.3, 0.4) is 0 Å². The Hall–Kier alpha value is -1.64. The highest BCUT2D eigenvalue weighted by Crippen LogP contribution is 2.19. The fourth-order valence-electron chi connectivity index (χ4n) is 3.28. The van der Waals surface area contributed by atoms with Crippen molar-refractivity contribution in [3.63, 3.8) is 0 Å². The van der Waals surface area contributed by atoms with Crippen LogP contribution in [0.5, 0.6) is 0 Å². The van der Waals surface area contributed by atoms with Crippen molar-refractivity contribution in [1.82, 2.24) is 10.6 Å². The normalized spacial score (nSPS) is 21.6. The monoisotopic (exact) mass is 294 g/mol. The first kappa shape index (κ1) is 15.3. The predicted molar refractivity (Wildman–Crippen MR) is 92.6 cm³/mol. The highest BCUT2D eigenvalue weighted by Gasteiger charge is 2.21. The Morgan fingerprint density at radius 1 is 0.682 bits per heavy atom. The summed E-state index contributed by atoms with van der Waals surface area (Å²) in [6.45, 7) is 1.97. The van der Waals surface area contributed by atoms with Gasteiger partial charge in [0, 0.05) is 25.2 Å². The maximum absolute atomic E-state index is 3.73. The van der Waals surface area contributed by atoms with Gasteiger partial charge in [-0.15, -0.1) is 0 Å². The maximum Gasteiger partial charge on any atom is 0.0208 e. The van der Waals surface area contributed by atoms with Crippen molar-refractivity contribution >= 4 is 0 Å². The molecule has 2 aromatic carbocycles. The van der Waals surface area contributed by atoms with E-state index in [1.807, 2.05) is 0 Å². The van der Waals surface area contributed by atoms with Gasteiger partial charge in [-0.2, -0.15) is 0 Å². The summed E-state index contributed by atoms with van der Waals surface area (Å²) in [5, 5.41) is 7.45. The van der Waals surface area contributed by atoms with Crippen LogP contribution >= 0.6 is 0 Å². The van der Waals surface area contributed by atoms with E-state index in [1.165, 1.54) is 36.8 Å². The van der Waals surface area contributed by atoms with Crippen LogP contribution in [0.25, 0.3) is 0 Å². The van der Waals surface area contributed by atoms with Gasteiger partial charge in [0.15, 0.2) is 0 Å². The molecule has 116 valence electrons. The van der Waals surface area contributed by atoms with E-state index in [0.29, 0.717) is 12.1 Å². The zero-order chi connectivity index (χ0) is 15.0. The third-order valence-corrected chi connectivity index (χ3v) is 4.55. The van der Waals surface area contributed by atoms with Crippen molar-refractivity contribution in [2.24, 2.45) is 0 Å². The molecule has 2 atom stereocenters. The van der Waals surface area contributed by atoms with Crippen LogP contribution in [-0.4, -0.2) is 12.1 Å². The number of nitrogens with one attached hydrogen (secondary N) is 2. The molecule has 0 unspecified atom stereocenters. The summed E-state index contributed by atoms with van der Waals surface area (Å²) >= 11 is 0. The summed E-state index contributed by atoms with van der Waals surface area (Å²) in [6.07, 6.45) is 5.16. The van der Waals surface area contributed by atoms with Crippen LogP contribution in [0.4, 0.5) is 0 Å². The second kappa shape index (κ2) is 8.11. The first-order valence-corrected chi connectivity index (χ1v) is 8.45. The fourth-order valence-corrected chi connectivity index (χ4v) is 3.28. The van der Waals surface area contributed by atoms with E-state index < -0.39 is 0 Å². The van der Waals surface area contributed by atoms with Gasteiger partial charge in [0.05, 0.1) is 0 Å². The van der Waals surface area contributed by atoms with Crippen molar-refractivity contribution in [2.45, 2.75) is 50.9 Å². The van der Waals surface area contributed by atoms with Gasteiger partial charge in [-0.25, -0.2) is 0 Å². The van der Waals surface area contributed by atoms with Crippen LogP contribution in [0, 0.1) is 0 Å². The molecule has 2 N–H and O–H groups in total. The second-order valence-electron chi connectivity index (χ2n) is 6.29. The minimum absolute atomic E-state index is 0.641. The molecule has 0 radical (unpaired) electrons. The van der Waals surface area contributed by atoms with E-state index >= 15 is 0 Å². The number of hydrogen-bond donors (Lipinski definition) is 2. The maximum atomic E-state index is 3.73. The first-order valence-electron chi connectivity index (χ1n) is 8.45. The lowest BCUT2D eigenvalue weighted by Crippen LogP contribution is -2.41. The lowest BCUT2D eigenvalue weighted by atomic mass is 9.90. The highest BCUT2D eigenvalue weighted by molar-refractivity contribution is 5.15. The van der Waals surface area contributed by atoms with Crippen molar-refractivity contribution < 1.29 is 0 Å². The zero-order valence-corrected chi connectivity index (χ0v) is 13.2. The first-order chi connectivity index (χ1) is 10.9. The molecule has 0 spiro atoms. The number of benzene rings is 2. The molecule has 0 heterocycles. The molecule has 0 aromatic heterocycles. The van der Waals surface area contributed by atoms with Gasteiger partial charge in [-0.05, 0) is 30.4 Å². The Morgan fingerprint density at radius 3 is 1.59 bits per heavy atom. The van der Waals surface area contributed by atoms with Crippen LogP contribution < -0.4 is 10.6 Å². The van der Waals surface area contributed by atoms with E-state index in [9.17, 15) is 0 Å². The largest absolute Gasteiger partial charge is 0.310 e. The van der Waals surface area contributed by atoms with Crippen LogP contribution in [0.2, 0.25) is 0 Å². The average Bonchev–Trinajstić information content (AvgIpc) is 2.60. The fraction of sp³-hybridized carbons (Fsp3) is 0.400. The standard InChI is InChI=1S/C20H26N2/c1-3-8-17(9-4-1)15-21-19-12-7-13-20(14-19)22-16-18-10-5-2-6-11-18/h1-6,8-11,19-22H,7,12-16H2/t19-,20+. The molecule has 2 aromatic rings. The quantitative estimate of drug-likeness (QED) is 0.845. The van der Waals surface area contributed by atoms with Crippen LogP contribution in [0.1, 0.15) is 36.8 Å². The van der Waals surface area contributed by atoms with E-state index in [-0.39, 0.29) is 0 Å². The Bertz CT molecular complexity index is 489. The molecule has 0 bridgehead atoms. The molecule has 0 saturated heterocycles. The molecule has 3 rings (SSSR count). The minimum atomic E-state index is 0.641. The Kier molecular flexibility index (Phi) is 5.63. The van der Waals surface area contributed by atoms with E-state index in [2.05, 4.69) is 71.3 Å². The van der Waals surface area contributed by atoms with Gasteiger partial charge in [-0.1, -0.05) is 67.1 Å². The summed E-state index contributed by atoms with van der Waals surface area (Å²) in [5.74, 6) is 0. The molecule has 22 heavy (non-hydrogen) atoms. The van der Waals surface area contributed by atoms with Gasteiger partial charge in [0.1, 0.15) is 0 Å². The molecule has 2 nitrogen and oxygen atoms in total. The molecule has 1 fully saturated rings. The zero-order valence-electron chi connectivity index (χ0n) is 13.2. The highest BCUT2D eigenvalue weighted by atomic mass is 15.0. The summed E-state index contributed by atoms with van der Waals surface area (Å²) in [7, 11) is 0. The Morgan fingerprint density at radius 2 is 1.14 bits per heavy atom. The van der Waals surface area contributed by atoms with Gasteiger partial charge in [0.25, 0.3) is 0 Å². The van der Waals surface area contributed by atoms with Crippen LogP contribution in [-0.2, 0) is 13.1 Å². The number of hydrogen-bond acceptors (Lipinski definition) is 2. The molecule has 0 aliphatic heterocycles. The third-order valence-electron chi connectivity index (χ3n) is 4.55. The van der Waals surface area contributed by atoms with Crippen molar-refractivity contribution in [3.05, 3.63) is 71.8 Å². The minimum Gasteiger partial charge on any atom is -0.310 e. The smallest absolute Gasteiger partial charge is 0.0208 e. The predicted octanol–water partition coefficient (Wildman–Crippen LogP) is 3.88. The van der Waals surface area contributed by atoms with Gasteiger partial charge in [-0.3, -0.25) is 0 Å². The van der Waals surface area contributed by atoms with E-state index in [0.717, 1.165) is 13.1 Å². The number of rotatable bonds is 6. The molecular weight excluding hydrogens is 268 g/mol. The topological polar surface area (TPSA) is 24.1 Å². The molecule has 2 heteroatoms. The molecule has 1 aliphatic rings. The van der Waals surface area contributed by atoms with E-state index in [4.69, 9.17) is 0 Å². The molecule has 0 amide bonds. The Balaban J connectivity index is 1.43. The lowest BCUT2D eigenvalue weighted by molar-refractivity contribution is 0.300. The Labute approximate surface area is 134 Å². The van der Waals surface area contributed by atoms with Gasteiger partial charge < -0.3 is 10.6 Å². The summed E-state index contributed by atoms with van der Waals surface area (Å²) in [6, 6.07) is 22.7. The van der Waals surface area contributed by atoms with Gasteiger partial charge >= 0.3 is 0 Å². The summed E-state index contributed by atoms with van der Waals surface area (Å²) in [4.78, 5) is 0. The van der Waals surface area contributed by atoms with Crippen molar-refractivity contribution in [2.75, 3.05) is 0 Å². The SMILES string of the molecule is c1ccc(CN[C@@H]2CCC[C@H](NCc3ccccc3)C2)cc1. The summed E-state index contributed by atoms with van der Waals surface area (Å²) in [5.41, 5.74) is 2.75. The third kappa shape index (κ3) is 4.69.